The molecule has 1 aliphatic rings. The van der Waals surface area contributed by atoms with Crippen LogP contribution in [-0.2, 0) is 14.3 Å². The molecule has 1 rings (SSSR count). The molecule has 0 aromatic carbocycles. The third-order valence-electron chi connectivity index (χ3n) is 2.19. The van der Waals surface area contributed by atoms with Crippen LogP contribution in [0.25, 0.3) is 0 Å². The lowest BCUT2D eigenvalue weighted by Crippen LogP contribution is -2.37. The molecule has 1 heterocycles. The van der Waals surface area contributed by atoms with E-state index in [9.17, 15) is 9.59 Å². The minimum atomic E-state index is -0.201. The van der Waals surface area contributed by atoms with Crippen LogP contribution in [0.4, 0.5) is 0 Å². The molecule has 0 atom stereocenters. The van der Waals surface area contributed by atoms with Gasteiger partial charge in [0.2, 0.25) is 11.8 Å². The van der Waals surface area contributed by atoms with Gasteiger partial charge in [-0.1, -0.05) is 0 Å². The Hall–Kier alpha value is -1.18. The van der Waals surface area contributed by atoms with Crippen molar-refractivity contribution < 1.29 is 14.3 Å². The van der Waals surface area contributed by atoms with E-state index in [4.69, 9.17) is 4.74 Å². The lowest BCUT2D eigenvalue weighted by Gasteiger charge is -2.06. The van der Waals surface area contributed by atoms with Gasteiger partial charge in [-0.3, -0.25) is 9.59 Å². The van der Waals surface area contributed by atoms with Gasteiger partial charge in [0.05, 0.1) is 0 Å². The van der Waals surface area contributed by atoms with E-state index < -0.39 is 0 Å². The van der Waals surface area contributed by atoms with Gasteiger partial charge in [-0.25, -0.2) is 0 Å². The molecule has 4 N–H and O–H groups in total. The van der Waals surface area contributed by atoms with E-state index in [1.54, 1.807) is 0 Å². The molecule has 0 spiro atoms. The molecule has 2 amide bonds. The highest BCUT2D eigenvalue weighted by atomic mass is 16.5. The second kappa shape index (κ2) is 8.91. The molecule has 1 fully saturated rings. The van der Waals surface area contributed by atoms with E-state index in [1.807, 2.05) is 0 Å². The summed E-state index contributed by atoms with van der Waals surface area (Å²) in [6.07, 6.45) is 0. The summed E-state index contributed by atoms with van der Waals surface area (Å²) in [4.78, 5) is 22.4. The first-order chi connectivity index (χ1) is 8.29. The fourth-order valence-electron chi connectivity index (χ4n) is 1.35. The number of rotatable bonds is 0. The highest BCUT2D eigenvalue weighted by molar-refractivity contribution is 5.79. The molecule has 0 aliphatic carbocycles. The Morgan fingerprint density at radius 2 is 1.12 bits per heavy atom. The van der Waals surface area contributed by atoms with Crippen LogP contribution in [0.5, 0.6) is 0 Å². The molecule has 0 aromatic heterocycles. The van der Waals surface area contributed by atoms with Gasteiger partial charge in [0, 0.05) is 39.3 Å². The first-order valence-electron chi connectivity index (χ1n) is 5.81. The number of carbonyl (C=O) groups excluding carboxylic acids is 2. The van der Waals surface area contributed by atoms with Crippen molar-refractivity contribution in [3.63, 3.8) is 0 Å². The molecule has 0 saturated carbocycles. The standard InChI is InChI=1S/C10H20N4O3/c15-9-7-17-8-10(16)14-6-4-12-2-1-11-3-5-13-9/h11-12H,1-8H2,(H,13,15)(H,14,16). The fraction of sp³-hybridized carbons (Fsp3) is 0.800. The Kier molecular flexibility index (Phi) is 7.28. The molecular formula is C10H20N4O3. The molecule has 98 valence electrons. The summed E-state index contributed by atoms with van der Waals surface area (Å²) >= 11 is 0. The number of ether oxygens (including phenoxy) is 1. The zero-order chi connectivity index (χ0) is 12.3. The van der Waals surface area contributed by atoms with Crippen molar-refractivity contribution in [2.75, 3.05) is 52.5 Å². The van der Waals surface area contributed by atoms with E-state index in [2.05, 4.69) is 21.3 Å². The lowest BCUT2D eigenvalue weighted by atomic mass is 10.5. The van der Waals surface area contributed by atoms with Crippen molar-refractivity contribution in [1.82, 2.24) is 21.3 Å². The number of hydrogen-bond donors (Lipinski definition) is 4. The summed E-state index contributed by atoms with van der Waals surface area (Å²) < 4.78 is 4.97. The van der Waals surface area contributed by atoms with Crippen molar-refractivity contribution in [1.29, 1.82) is 0 Å². The van der Waals surface area contributed by atoms with Gasteiger partial charge in [0.15, 0.2) is 0 Å². The van der Waals surface area contributed by atoms with Gasteiger partial charge in [0.25, 0.3) is 0 Å². The fourth-order valence-corrected chi connectivity index (χ4v) is 1.35. The highest BCUT2D eigenvalue weighted by Gasteiger charge is 2.04. The Labute approximate surface area is 101 Å². The van der Waals surface area contributed by atoms with E-state index >= 15 is 0 Å². The van der Waals surface area contributed by atoms with E-state index in [0.717, 1.165) is 26.2 Å². The van der Waals surface area contributed by atoms with Crippen LogP contribution in [0, 0.1) is 0 Å². The van der Waals surface area contributed by atoms with E-state index in [1.165, 1.54) is 0 Å². The molecule has 0 aromatic rings. The summed E-state index contributed by atoms with van der Waals surface area (Å²) in [5.41, 5.74) is 0. The predicted molar refractivity (Wildman–Crippen MR) is 62.6 cm³/mol. The molecule has 17 heavy (non-hydrogen) atoms. The van der Waals surface area contributed by atoms with Crippen LogP contribution in [0.3, 0.4) is 0 Å². The summed E-state index contributed by atoms with van der Waals surface area (Å²) in [6, 6.07) is 0. The molecule has 7 nitrogen and oxygen atoms in total. The number of carbonyl (C=O) groups is 2. The SMILES string of the molecule is O=C1COCC(=O)NCCNCCNCCN1. The molecular weight excluding hydrogens is 224 g/mol. The van der Waals surface area contributed by atoms with Crippen LogP contribution >= 0.6 is 0 Å². The normalized spacial score (nSPS) is 21.9. The van der Waals surface area contributed by atoms with Crippen LogP contribution < -0.4 is 21.3 Å². The number of hydrogen-bond acceptors (Lipinski definition) is 5. The number of nitrogens with one attached hydrogen (secondary N) is 4. The second-order valence-electron chi connectivity index (χ2n) is 3.69. The second-order valence-corrected chi connectivity index (χ2v) is 3.69. The van der Waals surface area contributed by atoms with Crippen LogP contribution in [0.2, 0.25) is 0 Å². The maximum absolute atomic E-state index is 11.2. The smallest absolute Gasteiger partial charge is 0.246 e. The number of amides is 2. The van der Waals surface area contributed by atoms with Crippen molar-refractivity contribution in [2.45, 2.75) is 0 Å². The van der Waals surface area contributed by atoms with Crippen LogP contribution in [0.1, 0.15) is 0 Å². The molecule has 0 unspecified atom stereocenters. The van der Waals surface area contributed by atoms with Crippen molar-refractivity contribution in [2.24, 2.45) is 0 Å². The zero-order valence-electron chi connectivity index (χ0n) is 9.88. The van der Waals surface area contributed by atoms with Crippen molar-refractivity contribution in [3.8, 4) is 0 Å². The minimum absolute atomic E-state index is 0.0777. The minimum Gasteiger partial charge on any atom is -0.362 e. The molecule has 1 saturated heterocycles. The van der Waals surface area contributed by atoms with Gasteiger partial charge < -0.3 is 26.0 Å². The van der Waals surface area contributed by atoms with Gasteiger partial charge in [-0.15, -0.1) is 0 Å². The maximum atomic E-state index is 11.2. The van der Waals surface area contributed by atoms with Gasteiger partial charge in [-0.2, -0.15) is 0 Å². The Morgan fingerprint density at radius 1 is 0.706 bits per heavy atom. The van der Waals surface area contributed by atoms with E-state index in [0.29, 0.717) is 13.1 Å². The lowest BCUT2D eigenvalue weighted by molar-refractivity contribution is -0.130. The molecule has 0 bridgehead atoms. The Morgan fingerprint density at radius 3 is 1.59 bits per heavy atom. The van der Waals surface area contributed by atoms with Gasteiger partial charge in [-0.05, 0) is 0 Å². The first-order valence-corrected chi connectivity index (χ1v) is 5.81. The summed E-state index contributed by atoms with van der Waals surface area (Å²) in [6.45, 7) is 4.09. The molecule has 1 aliphatic heterocycles. The first kappa shape index (κ1) is 13.9. The zero-order valence-corrected chi connectivity index (χ0v) is 9.88. The largest absolute Gasteiger partial charge is 0.362 e. The Balaban J connectivity index is 2.24. The van der Waals surface area contributed by atoms with Crippen LogP contribution in [-0.4, -0.2) is 64.3 Å². The quantitative estimate of drug-likeness (QED) is 0.376. The van der Waals surface area contributed by atoms with E-state index in [-0.39, 0.29) is 25.0 Å². The molecule has 0 radical (unpaired) electrons. The summed E-state index contributed by atoms with van der Waals surface area (Å²) in [5.74, 6) is -0.403. The topological polar surface area (TPSA) is 91.5 Å². The highest BCUT2D eigenvalue weighted by Crippen LogP contribution is 1.77. The summed E-state index contributed by atoms with van der Waals surface area (Å²) in [7, 11) is 0. The predicted octanol–water partition coefficient (Wildman–Crippen LogP) is -2.57. The average Bonchev–Trinajstić information content (AvgIpc) is 2.31. The van der Waals surface area contributed by atoms with Crippen LogP contribution in [0.15, 0.2) is 0 Å². The van der Waals surface area contributed by atoms with Gasteiger partial charge >= 0.3 is 0 Å². The van der Waals surface area contributed by atoms with Crippen molar-refractivity contribution >= 4 is 11.8 Å². The maximum Gasteiger partial charge on any atom is 0.246 e. The average molecular weight is 244 g/mol. The van der Waals surface area contributed by atoms with Gasteiger partial charge in [0.1, 0.15) is 13.2 Å². The summed E-state index contributed by atoms with van der Waals surface area (Å²) in [5, 5.41) is 11.7. The monoisotopic (exact) mass is 244 g/mol. The third kappa shape index (κ3) is 7.67. The third-order valence-corrected chi connectivity index (χ3v) is 2.19. The molecule has 7 heteroatoms. The Bertz CT molecular complexity index is 224. The van der Waals surface area contributed by atoms with Crippen molar-refractivity contribution in [3.05, 3.63) is 0 Å².